The van der Waals surface area contributed by atoms with Gasteiger partial charge in [0.05, 0.1) is 10.6 Å². The number of para-hydroxylation sites is 1. The summed E-state index contributed by atoms with van der Waals surface area (Å²) in [5.74, 6) is 4.01. The third-order valence-corrected chi connectivity index (χ3v) is 13.2. The Kier molecular flexibility index (Phi) is 7.08. The van der Waals surface area contributed by atoms with Crippen LogP contribution in [0, 0.1) is 5.92 Å². The van der Waals surface area contributed by atoms with Crippen molar-refractivity contribution in [3.63, 3.8) is 0 Å². The summed E-state index contributed by atoms with van der Waals surface area (Å²) in [5, 5.41) is 3.95. The molecule has 3 nitrogen and oxygen atoms in total. The normalized spacial score (nSPS) is 21.4. The molecule has 5 aliphatic rings. The Labute approximate surface area is 307 Å². The Hall–Kier alpha value is -5.32. The topological polar surface area (TPSA) is 29.5 Å². The van der Waals surface area contributed by atoms with E-state index in [9.17, 15) is 0 Å². The van der Waals surface area contributed by atoms with Crippen LogP contribution in [0.1, 0.15) is 72.0 Å². The minimum atomic E-state index is 0.130. The van der Waals surface area contributed by atoms with Crippen LogP contribution in [0.2, 0.25) is 0 Å². The van der Waals surface area contributed by atoms with Crippen molar-refractivity contribution in [1.29, 1.82) is 0 Å². The highest BCUT2D eigenvalue weighted by molar-refractivity contribution is 7.17. The van der Waals surface area contributed by atoms with Crippen LogP contribution in [-0.2, 0) is 12.8 Å². The van der Waals surface area contributed by atoms with Gasteiger partial charge >= 0.3 is 0 Å². The summed E-state index contributed by atoms with van der Waals surface area (Å²) in [5.41, 5.74) is 10.2. The molecule has 0 spiro atoms. The van der Waals surface area contributed by atoms with E-state index in [0.29, 0.717) is 11.8 Å². The molecule has 0 saturated carbocycles. The molecule has 0 bridgehead atoms. The zero-order chi connectivity index (χ0) is 34.2. The largest absolute Gasteiger partial charge is 0.460 e. The average molecular weight is 694 g/mol. The Bertz CT molecular complexity index is 2690. The molecule has 6 aromatic rings. The van der Waals surface area contributed by atoms with Crippen LogP contribution in [0.4, 0.5) is 0 Å². The van der Waals surface area contributed by atoms with Crippen molar-refractivity contribution >= 4 is 62.4 Å². The van der Waals surface area contributed by atoms with Crippen molar-refractivity contribution in [3.8, 4) is 11.1 Å². The number of furan rings is 2. The molecule has 0 radical (unpaired) electrons. The molecule has 4 heteroatoms. The smallest absolute Gasteiger partial charge is 0.134 e. The number of hydrogen-bond acceptors (Lipinski definition) is 4. The van der Waals surface area contributed by atoms with Crippen molar-refractivity contribution in [1.82, 2.24) is 4.90 Å². The molecule has 52 heavy (non-hydrogen) atoms. The Morgan fingerprint density at radius 2 is 1.62 bits per heavy atom. The van der Waals surface area contributed by atoms with Gasteiger partial charge in [0, 0.05) is 55.9 Å². The van der Waals surface area contributed by atoms with Gasteiger partial charge in [-0.1, -0.05) is 115 Å². The molecule has 3 atom stereocenters. The molecule has 0 amide bonds. The molecular formula is C48H39NO2S. The average Bonchev–Trinajstić information content (AvgIpc) is 3.90. The van der Waals surface area contributed by atoms with Gasteiger partial charge in [0.1, 0.15) is 22.9 Å². The number of thiophene rings is 1. The molecule has 3 aromatic carbocycles. The lowest BCUT2D eigenvalue weighted by Gasteiger charge is -2.38. The fraction of sp³-hybridized carbons (Fsp3) is 0.208. The van der Waals surface area contributed by atoms with E-state index >= 15 is 0 Å². The Morgan fingerprint density at radius 3 is 2.58 bits per heavy atom. The second kappa shape index (κ2) is 12.1. The monoisotopic (exact) mass is 693 g/mol. The number of nitrogens with zero attached hydrogens (tertiary/aromatic N) is 1. The van der Waals surface area contributed by atoms with Gasteiger partial charge < -0.3 is 13.7 Å². The van der Waals surface area contributed by atoms with E-state index in [1.54, 1.807) is 0 Å². The van der Waals surface area contributed by atoms with Crippen LogP contribution in [0.3, 0.4) is 0 Å². The molecule has 0 aliphatic heterocycles. The summed E-state index contributed by atoms with van der Waals surface area (Å²) in [7, 11) is 0. The zero-order valence-corrected chi connectivity index (χ0v) is 29.9. The number of benzene rings is 3. The van der Waals surface area contributed by atoms with E-state index in [0.717, 1.165) is 62.0 Å². The highest BCUT2D eigenvalue weighted by Gasteiger charge is 2.35. The molecular weight excluding hydrogens is 655 g/mol. The van der Waals surface area contributed by atoms with Crippen molar-refractivity contribution < 1.29 is 8.83 Å². The third kappa shape index (κ3) is 4.77. The molecule has 5 aliphatic carbocycles. The molecule has 254 valence electrons. The van der Waals surface area contributed by atoms with Crippen LogP contribution in [0.25, 0.3) is 62.2 Å². The first-order valence-corrected chi connectivity index (χ1v) is 19.8. The number of rotatable bonds is 5. The maximum atomic E-state index is 6.68. The van der Waals surface area contributed by atoms with Crippen molar-refractivity contribution in [2.45, 2.75) is 56.9 Å². The van der Waals surface area contributed by atoms with Crippen LogP contribution in [-0.4, -0.2) is 10.9 Å². The van der Waals surface area contributed by atoms with Crippen LogP contribution < -0.4 is 9.75 Å². The standard InChI is InChI=1S/C48H39NO2S/c1-2-12-30(13-3-1)35-19-10-21-40-41-22-11-23-42(48(41)52-47(35)40)49(33-26-27-38-36-16-4-6-24-43(36)50-45(38)29-33)32-15-8-14-31(28-32)34-18-9-20-39-37-17-5-7-25-44(37)51-46(34)39/h1-4,6-10,12-13,15-16,19-22,24-28,31,33-34H,5,11,14,17-18,23,29H2. The second-order valence-electron chi connectivity index (χ2n) is 14.8. The first kappa shape index (κ1) is 30.3. The minimum Gasteiger partial charge on any atom is -0.460 e. The van der Waals surface area contributed by atoms with Crippen LogP contribution >= 0.6 is 11.3 Å². The van der Waals surface area contributed by atoms with E-state index in [1.165, 1.54) is 70.2 Å². The van der Waals surface area contributed by atoms with E-state index in [-0.39, 0.29) is 6.04 Å². The van der Waals surface area contributed by atoms with Gasteiger partial charge in [-0.05, 0) is 79.0 Å². The maximum Gasteiger partial charge on any atom is 0.134 e. The lowest BCUT2D eigenvalue weighted by Crippen LogP contribution is -2.40. The first-order chi connectivity index (χ1) is 25.8. The Balaban J connectivity index is 1.08. The van der Waals surface area contributed by atoms with E-state index in [1.807, 2.05) is 11.3 Å². The quantitative estimate of drug-likeness (QED) is 0.180. The van der Waals surface area contributed by atoms with Crippen molar-refractivity contribution in [2.75, 3.05) is 0 Å². The summed E-state index contributed by atoms with van der Waals surface area (Å²) < 4.78 is 16.0. The predicted molar refractivity (Wildman–Crippen MR) is 216 cm³/mol. The summed E-state index contributed by atoms with van der Waals surface area (Å²) in [6, 6.07) is 26.3. The Morgan fingerprint density at radius 1 is 0.731 bits per heavy atom. The lowest BCUT2D eigenvalue weighted by atomic mass is 9.78. The highest BCUT2D eigenvalue weighted by Crippen LogP contribution is 2.45. The van der Waals surface area contributed by atoms with Crippen molar-refractivity contribution in [2.24, 2.45) is 5.92 Å². The fourth-order valence-corrected chi connectivity index (χ4v) is 10.9. The van der Waals surface area contributed by atoms with Gasteiger partial charge in [-0.15, -0.1) is 11.3 Å². The SMILES string of the molecule is C1=Cc2oc3c(c2CC1)C=CCC3C1C=C(N(C2=c3sc4c(-c5ccccc5)cccc4c3=CCC2)C2C=Cc3c(oc4ccccc34)C2)C=CC1. The molecule has 0 N–H and O–H groups in total. The molecule has 3 heterocycles. The van der Waals surface area contributed by atoms with Gasteiger partial charge in [-0.2, -0.15) is 0 Å². The van der Waals surface area contributed by atoms with Gasteiger partial charge in [0.15, 0.2) is 0 Å². The predicted octanol–water partition coefficient (Wildman–Crippen LogP) is 11.2. The van der Waals surface area contributed by atoms with Crippen molar-refractivity contribution in [3.05, 3.63) is 159 Å². The lowest BCUT2D eigenvalue weighted by molar-refractivity contribution is 0.361. The summed E-state index contributed by atoms with van der Waals surface area (Å²) >= 11 is 1.97. The van der Waals surface area contributed by atoms with Gasteiger partial charge in [-0.3, -0.25) is 0 Å². The highest BCUT2D eigenvalue weighted by atomic mass is 32.1. The zero-order valence-electron chi connectivity index (χ0n) is 29.1. The summed E-state index contributed by atoms with van der Waals surface area (Å²) in [6.45, 7) is 0. The van der Waals surface area contributed by atoms with Gasteiger partial charge in [0.2, 0.25) is 0 Å². The number of hydrogen-bond donors (Lipinski definition) is 0. The number of allylic oxidation sites excluding steroid dienone is 5. The van der Waals surface area contributed by atoms with Crippen LogP contribution in [0.15, 0.2) is 124 Å². The van der Waals surface area contributed by atoms with Gasteiger partial charge in [0.25, 0.3) is 0 Å². The summed E-state index contributed by atoms with van der Waals surface area (Å²) in [6.07, 6.45) is 30.8. The molecule has 3 aromatic heterocycles. The molecule has 3 unspecified atom stereocenters. The van der Waals surface area contributed by atoms with E-state index < -0.39 is 0 Å². The molecule has 11 rings (SSSR count). The summed E-state index contributed by atoms with van der Waals surface area (Å²) in [4.78, 5) is 2.69. The molecule has 0 fully saturated rings. The van der Waals surface area contributed by atoms with E-state index in [4.69, 9.17) is 8.83 Å². The van der Waals surface area contributed by atoms with Crippen LogP contribution in [0.5, 0.6) is 0 Å². The van der Waals surface area contributed by atoms with Gasteiger partial charge in [-0.25, -0.2) is 0 Å². The number of fused-ring (bicyclic) bond motifs is 9. The first-order valence-electron chi connectivity index (χ1n) is 18.9. The molecule has 0 saturated heterocycles. The van der Waals surface area contributed by atoms with E-state index in [2.05, 4.69) is 138 Å². The fourth-order valence-electron chi connectivity index (χ4n) is 9.46. The second-order valence-corrected chi connectivity index (χ2v) is 15.8. The third-order valence-electron chi connectivity index (χ3n) is 11.9. The maximum absolute atomic E-state index is 6.68. The minimum absolute atomic E-state index is 0.130.